The number of hydrogen-bond acceptors (Lipinski definition) is 4. The predicted molar refractivity (Wildman–Crippen MR) is 92.2 cm³/mol. The molecular weight excluding hydrogens is 345 g/mol. The highest BCUT2D eigenvalue weighted by molar-refractivity contribution is 7.99. The molecule has 3 N–H and O–H groups in total. The quantitative estimate of drug-likeness (QED) is 0.783. The lowest BCUT2D eigenvalue weighted by molar-refractivity contribution is -0.116. The molecule has 2 aliphatic rings. The zero-order chi connectivity index (χ0) is 17.4. The van der Waals surface area contributed by atoms with Crippen molar-refractivity contribution in [1.29, 1.82) is 0 Å². The van der Waals surface area contributed by atoms with Gasteiger partial charge in [-0.3, -0.25) is 4.79 Å². The van der Waals surface area contributed by atoms with Crippen molar-refractivity contribution in [3.63, 3.8) is 0 Å². The highest BCUT2D eigenvalue weighted by Crippen LogP contribution is 2.32. The minimum atomic E-state index is -0.478. The third-order valence-electron chi connectivity index (χ3n) is 4.10. The topological polar surface area (TPSA) is 88.1 Å². The summed E-state index contributed by atoms with van der Waals surface area (Å²) in [5.41, 5.74) is 2.16. The van der Waals surface area contributed by atoms with Crippen LogP contribution in [0.15, 0.2) is 23.5 Å². The van der Waals surface area contributed by atoms with Gasteiger partial charge in [-0.2, -0.15) is 0 Å². The first-order valence-electron chi connectivity index (χ1n) is 7.94. The first kappa shape index (κ1) is 15.9. The van der Waals surface area contributed by atoms with E-state index >= 15 is 0 Å². The maximum Gasteiger partial charge on any atom is 0.319 e. The van der Waals surface area contributed by atoms with Crippen molar-refractivity contribution in [2.75, 3.05) is 16.4 Å². The molecule has 1 aromatic carbocycles. The molecule has 0 saturated heterocycles. The maximum atomic E-state index is 13.7. The number of carbonyl (C=O) groups excluding carboxylic acids is 2. The Morgan fingerprint density at radius 3 is 3.12 bits per heavy atom. The molecule has 0 aliphatic carbocycles. The summed E-state index contributed by atoms with van der Waals surface area (Å²) in [5, 5.41) is 8.96. The van der Waals surface area contributed by atoms with Crippen LogP contribution in [0.4, 0.5) is 20.6 Å². The highest BCUT2D eigenvalue weighted by Gasteiger charge is 2.20. The van der Waals surface area contributed by atoms with E-state index in [1.807, 2.05) is 6.20 Å². The number of halogens is 1. The molecular formula is C16H16FN5O2S. The van der Waals surface area contributed by atoms with Crippen molar-refractivity contribution in [3.05, 3.63) is 35.4 Å². The molecule has 2 aliphatic heterocycles. The summed E-state index contributed by atoms with van der Waals surface area (Å²) >= 11 is 1.68. The van der Waals surface area contributed by atoms with E-state index in [-0.39, 0.29) is 18.1 Å². The first-order valence-corrected chi connectivity index (χ1v) is 8.93. The number of amides is 3. The van der Waals surface area contributed by atoms with Crippen LogP contribution in [-0.2, 0) is 24.3 Å². The molecule has 7 nitrogen and oxygen atoms in total. The Morgan fingerprint density at radius 1 is 1.40 bits per heavy atom. The van der Waals surface area contributed by atoms with Crippen molar-refractivity contribution in [1.82, 2.24) is 14.9 Å². The number of nitrogens with zero attached hydrogens (tertiary/aromatic N) is 2. The lowest BCUT2D eigenvalue weighted by Crippen LogP contribution is -2.30. The lowest BCUT2D eigenvalue weighted by Gasteiger charge is -2.20. The van der Waals surface area contributed by atoms with Gasteiger partial charge in [-0.1, -0.05) is 11.8 Å². The van der Waals surface area contributed by atoms with E-state index in [1.165, 1.54) is 12.1 Å². The van der Waals surface area contributed by atoms with Crippen molar-refractivity contribution in [3.8, 4) is 0 Å². The third kappa shape index (κ3) is 3.32. The van der Waals surface area contributed by atoms with Gasteiger partial charge in [0.25, 0.3) is 0 Å². The molecule has 0 atom stereocenters. The fourth-order valence-corrected chi connectivity index (χ4v) is 3.90. The molecule has 3 amide bonds. The molecule has 0 radical (unpaired) electrons. The standard InChI is InChI=1S/C16H16FN5O2S/c17-10-5-9-1-2-13(23)21-14(9)12(6-10)20-15(24)18-7-11-8-22-3-4-25-16(22)19-11/h5-6,8H,1-4,7H2,(H,21,23)(H2,18,20,24). The van der Waals surface area contributed by atoms with Gasteiger partial charge < -0.3 is 20.5 Å². The number of urea groups is 1. The van der Waals surface area contributed by atoms with Crippen molar-refractivity contribution >= 4 is 35.1 Å². The molecule has 130 valence electrons. The number of imidazole rings is 1. The Hall–Kier alpha value is -2.55. The molecule has 0 unspecified atom stereocenters. The Balaban J connectivity index is 1.43. The Bertz CT molecular complexity index is 845. The van der Waals surface area contributed by atoms with Gasteiger partial charge in [-0.25, -0.2) is 14.2 Å². The van der Waals surface area contributed by atoms with E-state index < -0.39 is 11.8 Å². The third-order valence-corrected chi connectivity index (χ3v) is 5.07. The fourth-order valence-electron chi connectivity index (χ4n) is 2.94. The van der Waals surface area contributed by atoms with Crippen LogP contribution in [-0.4, -0.2) is 27.2 Å². The van der Waals surface area contributed by atoms with Gasteiger partial charge in [0, 0.05) is 24.9 Å². The molecule has 9 heteroatoms. The van der Waals surface area contributed by atoms with Crippen LogP contribution in [0.2, 0.25) is 0 Å². The second-order valence-electron chi connectivity index (χ2n) is 5.90. The number of aromatic nitrogens is 2. The summed E-state index contributed by atoms with van der Waals surface area (Å²) in [6.45, 7) is 1.20. The summed E-state index contributed by atoms with van der Waals surface area (Å²) in [6, 6.07) is 2.10. The number of fused-ring (bicyclic) bond motifs is 2. The van der Waals surface area contributed by atoms with Crippen LogP contribution in [0, 0.1) is 5.82 Å². The molecule has 25 heavy (non-hydrogen) atoms. The number of benzene rings is 1. The van der Waals surface area contributed by atoms with Gasteiger partial charge in [0.2, 0.25) is 5.91 Å². The predicted octanol–water partition coefficient (Wildman–Crippen LogP) is 2.33. The normalized spacial score (nSPS) is 15.3. The van der Waals surface area contributed by atoms with Gasteiger partial charge in [0.05, 0.1) is 23.6 Å². The molecule has 2 aromatic rings. The number of nitrogens with one attached hydrogen (secondary N) is 3. The van der Waals surface area contributed by atoms with Crippen LogP contribution in [0.1, 0.15) is 17.7 Å². The van der Waals surface area contributed by atoms with E-state index in [9.17, 15) is 14.0 Å². The van der Waals surface area contributed by atoms with E-state index in [2.05, 4.69) is 25.5 Å². The van der Waals surface area contributed by atoms with Crippen LogP contribution < -0.4 is 16.0 Å². The largest absolute Gasteiger partial charge is 0.332 e. The molecule has 3 heterocycles. The van der Waals surface area contributed by atoms with E-state index in [4.69, 9.17) is 0 Å². The number of anilines is 2. The number of carbonyl (C=O) groups is 2. The summed E-state index contributed by atoms with van der Waals surface area (Å²) < 4.78 is 15.8. The van der Waals surface area contributed by atoms with E-state index in [0.717, 1.165) is 23.1 Å². The number of rotatable bonds is 3. The smallest absolute Gasteiger partial charge is 0.319 e. The summed E-state index contributed by atoms with van der Waals surface area (Å²) in [4.78, 5) is 28.2. The monoisotopic (exact) mass is 361 g/mol. The zero-order valence-electron chi connectivity index (χ0n) is 13.3. The average molecular weight is 361 g/mol. The Morgan fingerprint density at radius 2 is 2.28 bits per heavy atom. The molecule has 0 spiro atoms. The number of aryl methyl sites for hydroxylation is 2. The molecule has 4 rings (SSSR count). The first-order chi connectivity index (χ1) is 12.1. The summed E-state index contributed by atoms with van der Waals surface area (Å²) in [7, 11) is 0. The maximum absolute atomic E-state index is 13.7. The van der Waals surface area contributed by atoms with Crippen LogP contribution in [0.25, 0.3) is 0 Å². The van der Waals surface area contributed by atoms with E-state index in [0.29, 0.717) is 24.1 Å². The summed E-state index contributed by atoms with van der Waals surface area (Å²) in [6.07, 6.45) is 2.68. The lowest BCUT2D eigenvalue weighted by atomic mass is 10.0. The second kappa shape index (κ2) is 6.40. The SMILES string of the molecule is O=C1CCc2cc(F)cc(NC(=O)NCc3cn4c(n3)SCC4)c2N1. The van der Waals surface area contributed by atoms with Crippen LogP contribution in [0.3, 0.4) is 0 Å². The number of thioether (sulfide) groups is 1. The van der Waals surface area contributed by atoms with Gasteiger partial charge in [0.1, 0.15) is 5.82 Å². The second-order valence-corrected chi connectivity index (χ2v) is 6.96. The minimum Gasteiger partial charge on any atom is -0.332 e. The Kier molecular flexibility index (Phi) is 4.08. The van der Waals surface area contributed by atoms with Crippen molar-refractivity contribution in [2.45, 2.75) is 31.1 Å². The fraction of sp³-hybridized carbons (Fsp3) is 0.312. The highest BCUT2D eigenvalue weighted by atomic mass is 32.2. The van der Waals surface area contributed by atoms with Crippen LogP contribution >= 0.6 is 11.8 Å². The molecule has 1 aromatic heterocycles. The molecule has 0 saturated carbocycles. The average Bonchev–Trinajstić information content (AvgIpc) is 3.15. The summed E-state index contributed by atoms with van der Waals surface area (Å²) in [5.74, 6) is 0.424. The minimum absolute atomic E-state index is 0.146. The molecule has 0 bridgehead atoms. The van der Waals surface area contributed by atoms with Crippen molar-refractivity contribution in [2.24, 2.45) is 0 Å². The van der Waals surface area contributed by atoms with Gasteiger partial charge in [0.15, 0.2) is 5.16 Å². The van der Waals surface area contributed by atoms with Gasteiger partial charge in [-0.15, -0.1) is 0 Å². The van der Waals surface area contributed by atoms with Gasteiger partial charge >= 0.3 is 6.03 Å². The molecule has 0 fully saturated rings. The Labute approximate surface area is 147 Å². The van der Waals surface area contributed by atoms with Crippen molar-refractivity contribution < 1.29 is 14.0 Å². The zero-order valence-corrected chi connectivity index (χ0v) is 14.1. The number of hydrogen-bond donors (Lipinski definition) is 3. The van der Waals surface area contributed by atoms with Crippen LogP contribution in [0.5, 0.6) is 0 Å². The van der Waals surface area contributed by atoms with Gasteiger partial charge in [-0.05, 0) is 24.1 Å². The van der Waals surface area contributed by atoms with E-state index in [1.54, 1.807) is 11.8 Å².